The Kier molecular flexibility index (Phi) is 5.82. The summed E-state index contributed by atoms with van der Waals surface area (Å²) < 4.78 is 21.9. The fourth-order valence-corrected chi connectivity index (χ4v) is 2.25. The Balaban J connectivity index is 4.07. The fraction of sp³-hybridized carbons (Fsp3) is 0.889. The number of nitrogens with two attached hydrogens (primary N) is 1. The Morgan fingerprint density at radius 3 is 2.33 bits per heavy atom. The van der Waals surface area contributed by atoms with E-state index in [4.69, 9.17) is 5.73 Å². The van der Waals surface area contributed by atoms with Crippen LogP contribution in [0, 0.1) is 5.92 Å². The molecule has 3 N–H and O–H groups in total. The van der Waals surface area contributed by atoms with Gasteiger partial charge in [0.1, 0.15) is 9.84 Å². The summed E-state index contributed by atoms with van der Waals surface area (Å²) in [5, 5.41) is 2.65. The van der Waals surface area contributed by atoms with Gasteiger partial charge < -0.3 is 11.1 Å². The van der Waals surface area contributed by atoms with Crippen molar-refractivity contribution in [2.75, 3.05) is 18.6 Å². The molecule has 0 heterocycles. The van der Waals surface area contributed by atoms with Crippen molar-refractivity contribution in [1.82, 2.24) is 5.32 Å². The summed E-state index contributed by atoms with van der Waals surface area (Å²) in [7, 11) is -3.05. The molecule has 90 valence electrons. The first kappa shape index (κ1) is 14.4. The standard InChI is InChI=1S/C9H20N2O3S/c1-7(4-5-10)9(12)11-8(2)6-15(3,13)14/h7-8H,4-6,10H2,1-3H3,(H,11,12). The Morgan fingerprint density at radius 2 is 1.93 bits per heavy atom. The van der Waals surface area contributed by atoms with Crippen LogP contribution in [-0.2, 0) is 14.6 Å². The zero-order valence-corrected chi connectivity index (χ0v) is 10.3. The average molecular weight is 236 g/mol. The van der Waals surface area contributed by atoms with E-state index in [9.17, 15) is 13.2 Å². The highest BCUT2D eigenvalue weighted by Gasteiger charge is 2.16. The number of carbonyl (C=O) groups is 1. The molecule has 5 nitrogen and oxygen atoms in total. The van der Waals surface area contributed by atoms with Gasteiger partial charge in [-0.1, -0.05) is 6.92 Å². The lowest BCUT2D eigenvalue weighted by Crippen LogP contribution is -2.40. The maximum absolute atomic E-state index is 11.5. The smallest absolute Gasteiger partial charge is 0.223 e. The number of sulfone groups is 1. The van der Waals surface area contributed by atoms with Crippen molar-refractivity contribution in [2.45, 2.75) is 26.3 Å². The van der Waals surface area contributed by atoms with E-state index >= 15 is 0 Å². The summed E-state index contributed by atoms with van der Waals surface area (Å²) in [6.07, 6.45) is 1.76. The van der Waals surface area contributed by atoms with E-state index in [1.807, 2.05) is 0 Å². The van der Waals surface area contributed by atoms with Crippen LogP contribution in [0.25, 0.3) is 0 Å². The summed E-state index contributed by atoms with van der Waals surface area (Å²) >= 11 is 0. The molecule has 0 aliphatic heterocycles. The predicted octanol–water partition coefficient (Wildman–Crippen LogP) is -0.479. The molecule has 2 unspecified atom stereocenters. The fourth-order valence-electron chi connectivity index (χ4n) is 1.26. The van der Waals surface area contributed by atoms with Gasteiger partial charge in [-0.15, -0.1) is 0 Å². The van der Waals surface area contributed by atoms with Crippen LogP contribution in [0.5, 0.6) is 0 Å². The van der Waals surface area contributed by atoms with Crippen molar-refractivity contribution in [3.05, 3.63) is 0 Å². The molecule has 0 aromatic heterocycles. The number of hydrogen-bond donors (Lipinski definition) is 2. The maximum atomic E-state index is 11.5. The van der Waals surface area contributed by atoms with Crippen molar-refractivity contribution in [3.8, 4) is 0 Å². The molecule has 0 aromatic carbocycles. The first-order chi connectivity index (χ1) is 6.76. The second-order valence-corrected chi connectivity index (χ2v) is 6.17. The summed E-state index contributed by atoms with van der Waals surface area (Å²) in [4.78, 5) is 11.5. The Morgan fingerprint density at radius 1 is 1.40 bits per heavy atom. The molecule has 0 saturated carbocycles. The largest absolute Gasteiger partial charge is 0.352 e. The van der Waals surface area contributed by atoms with Crippen LogP contribution in [0.15, 0.2) is 0 Å². The second kappa shape index (κ2) is 6.07. The van der Waals surface area contributed by atoms with Gasteiger partial charge in [0.2, 0.25) is 5.91 Å². The van der Waals surface area contributed by atoms with Gasteiger partial charge in [0, 0.05) is 18.2 Å². The maximum Gasteiger partial charge on any atom is 0.223 e. The first-order valence-corrected chi connectivity index (χ1v) is 7.00. The lowest BCUT2D eigenvalue weighted by Gasteiger charge is -2.16. The number of amides is 1. The molecular weight excluding hydrogens is 216 g/mol. The highest BCUT2D eigenvalue weighted by Crippen LogP contribution is 2.01. The van der Waals surface area contributed by atoms with Crippen molar-refractivity contribution in [1.29, 1.82) is 0 Å². The van der Waals surface area contributed by atoms with E-state index in [2.05, 4.69) is 5.32 Å². The number of hydrogen-bond acceptors (Lipinski definition) is 4. The lowest BCUT2D eigenvalue weighted by molar-refractivity contribution is -0.125. The van der Waals surface area contributed by atoms with Crippen LogP contribution < -0.4 is 11.1 Å². The Labute approximate surface area is 91.3 Å². The zero-order valence-electron chi connectivity index (χ0n) is 9.49. The minimum absolute atomic E-state index is 0.0336. The molecule has 0 aliphatic rings. The van der Waals surface area contributed by atoms with Crippen LogP contribution in [0.4, 0.5) is 0 Å². The third-order valence-electron chi connectivity index (χ3n) is 1.99. The molecule has 0 bridgehead atoms. The van der Waals surface area contributed by atoms with Crippen LogP contribution in [0.1, 0.15) is 20.3 Å². The molecule has 0 saturated heterocycles. The molecule has 0 aliphatic carbocycles. The van der Waals surface area contributed by atoms with Gasteiger partial charge in [0.15, 0.2) is 0 Å². The molecular formula is C9H20N2O3S. The number of carbonyl (C=O) groups excluding carboxylic acids is 1. The molecule has 0 radical (unpaired) electrons. The van der Waals surface area contributed by atoms with Gasteiger partial charge in [-0.3, -0.25) is 4.79 Å². The molecule has 0 aromatic rings. The van der Waals surface area contributed by atoms with E-state index in [1.54, 1.807) is 13.8 Å². The highest BCUT2D eigenvalue weighted by molar-refractivity contribution is 7.90. The van der Waals surface area contributed by atoms with Gasteiger partial charge in [0.25, 0.3) is 0 Å². The van der Waals surface area contributed by atoms with Crippen LogP contribution in [0.2, 0.25) is 0 Å². The lowest BCUT2D eigenvalue weighted by atomic mass is 10.1. The number of nitrogens with one attached hydrogen (secondary N) is 1. The van der Waals surface area contributed by atoms with E-state index < -0.39 is 9.84 Å². The topological polar surface area (TPSA) is 89.3 Å². The normalized spacial score (nSPS) is 15.7. The van der Waals surface area contributed by atoms with Crippen molar-refractivity contribution < 1.29 is 13.2 Å². The van der Waals surface area contributed by atoms with Gasteiger partial charge in [-0.2, -0.15) is 0 Å². The highest BCUT2D eigenvalue weighted by atomic mass is 32.2. The van der Waals surface area contributed by atoms with Gasteiger partial charge in [-0.25, -0.2) is 8.42 Å². The third-order valence-corrected chi connectivity index (χ3v) is 3.09. The summed E-state index contributed by atoms with van der Waals surface area (Å²) in [6.45, 7) is 3.90. The van der Waals surface area contributed by atoms with Gasteiger partial charge in [0.05, 0.1) is 5.75 Å². The Bertz CT molecular complexity index is 300. The van der Waals surface area contributed by atoms with E-state index in [0.29, 0.717) is 13.0 Å². The molecule has 0 fully saturated rings. The monoisotopic (exact) mass is 236 g/mol. The van der Waals surface area contributed by atoms with Gasteiger partial charge in [-0.05, 0) is 19.9 Å². The molecule has 1 amide bonds. The first-order valence-electron chi connectivity index (χ1n) is 4.94. The minimum atomic E-state index is -3.05. The van der Waals surface area contributed by atoms with Crippen LogP contribution in [0.3, 0.4) is 0 Å². The van der Waals surface area contributed by atoms with Crippen molar-refractivity contribution >= 4 is 15.7 Å². The summed E-state index contributed by atoms with van der Waals surface area (Å²) in [5.41, 5.74) is 5.32. The van der Waals surface area contributed by atoms with Crippen molar-refractivity contribution in [3.63, 3.8) is 0 Å². The predicted molar refractivity (Wildman–Crippen MR) is 60.2 cm³/mol. The minimum Gasteiger partial charge on any atom is -0.352 e. The van der Waals surface area contributed by atoms with E-state index in [0.717, 1.165) is 6.26 Å². The van der Waals surface area contributed by atoms with Crippen LogP contribution >= 0.6 is 0 Å². The molecule has 0 rings (SSSR count). The molecule has 0 spiro atoms. The quantitative estimate of drug-likeness (QED) is 0.652. The van der Waals surface area contributed by atoms with Gasteiger partial charge >= 0.3 is 0 Å². The molecule has 2 atom stereocenters. The zero-order chi connectivity index (χ0) is 12.1. The average Bonchev–Trinajstić information content (AvgIpc) is 2.00. The second-order valence-electron chi connectivity index (χ2n) is 3.98. The Hall–Kier alpha value is -0.620. The molecule has 6 heteroatoms. The summed E-state index contributed by atoms with van der Waals surface area (Å²) in [5.74, 6) is -0.345. The van der Waals surface area contributed by atoms with E-state index in [1.165, 1.54) is 0 Å². The molecule has 15 heavy (non-hydrogen) atoms. The SMILES string of the molecule is CC(CS(C)(=O)=O)NC(=O)C(C)CCN. The van der Waals surface area contributed by atoms with Crippen LogP contribution in [-0.4, -0.2) is 38.9 Å². The summed E-state index contributed by atoms with van der Waals surface area (Å²) in [6, 6.07) is -0.354. The number of rotatable bonds is 6. The van der Waals surface area contributed by atoms with Crippen molar-refractivity contribution in [2.24, 2.45) is 11.7 Å². The van der Waals surface area contributed by atoms with E-state index in [-0.39, 0.29) is 23.6 Å². The third kappa shape index (κ3) is 7.33.